The Morgan fingerprint density at radius 2 is 2.44 bits per heavy atom. The van der Waals surface area contributed by atoms with Gasteiger partial charge in [0.05, 0.1) is 24.8 Å². The average molecular weight is 246 g/mol. The molecule has 1 saturated heterocycles. The second kappa shape index (κ2) is 6.39. The molecule has 18 heavy (non-hydrogen) atoms. The van der Waals surface area contributed by atoms with Crippen molar-refractivity contribution in [2.75, 3.05) is 32.9 Å². The van der Waals surface area contributed by atoms with E-state index in [1.54, 1.807) is 12.1 Å². The van der Waals surface area contributed by atoms with Crippen molar-refractivity contribution in [2.45, 2.75) is 13.0 Å². The number of morpholine rings is 1. The van der Waals surface area contributed by atoms with Crippen molar-refractivity contribution in [3.63, 3.8) is 0 Å². The first-order valence-corrected chi connectivity index (χ1v) is 6.24. The highest BCUT2D eigenvalue weighted by molar-refractivity contribution is 5.36. The highest BCUT2D eigenvalue weighted by Crippen LogP contribution is 2.13. The molecule has 1 aliphatic rings. The molecule has 1 heterocycles. The van der Waals surface area contributed by atoms with E-state index in [0.717, 1.165) is 32.1 Å². The van der Waals surface area contributed by atoms with E-state index in [1.165, 1.54) is 0 Å². The summed E-state index contributed by atoms with van der Waals surface area (Å²) >= 11 is 0. The Morgan fingerprint density at radius 3 is 3.22 bits per heavy atom. The zero-order valence-corrected chi connectivity index (χ0v) is 10.6. The molecule has 0 saturated carbocycles. The number of benzene rings is 1. The molecule has 4 nitrogen and oxygen atoms in total. The molecule has 1 aromatic carbocycles. The topological polar surface area (TPSA) is 45.5 Å². The zero-order valence-electron chi connectivity index (χ0n) is 10.6. The number of nitrogens with zero attached hydrogens (tertiary/aromatic N) is 2. The van der Waals surface area contributed by atoms with Crippen molar-refractivity contribution < 1.29 is 9.47 Å². The van der Waals surface area contributed by atoms with Gasteiger partial charge in [-0.3, -0.25) is 4.90 Å². The lowest BCUT2D eigenvalue weighted by molar-refractivity contribution is -0.00514. The summed E-state index contributed by atoms with van der Waals surface area (Å²) in [4.78, 5) is 2.36. The van der Waals surface area contributed by atoms with Gasteiger partial charge in [0.1, 0.15) is 12.4 Å². The summed E-state index contributed by atoms with van der Waals surface area (Å²) < 4.78 is 11.1. The molecule has 0 radical (unpaired) electrons. The van der Waals surface area contributed by atoms with E-state index in [-0.39, 0.29) is 0 Å². The first-order valence-electron chi connectivity index (χ1n) is 6.24. The normalized spacial score (nSPS) is 20.3. The first kappa shape index (κ1) is 12.9. The lowest BCUT2D eigenvalue weighted by atomic mass is 10.2. The van der Waals surface area contributed by atoms with Gasteiger partial charge >= 0.3 is 0 Å². The highest BCUT2D eigenvalue weighted by Gasteiger charge is 2.17. The summed E-state index contributed by atoms with van der Waals surface area (Å²) in [6.45, 7) is 6.25. The van der Waals surface area contributed by atoms with Crippen LogP contribution in [0.3, 0.4) is 0 Å². The molecule has 0 N–H and O–H groups in total. The number of nitriles is 1. The van der Waals surface area contributed by atoms with Crippen molar-refractivity contribution in [3.8, 4) is 11.8 Å². The molecule has 1 aromatic rings. The Labute approximate surface area is 108 Å². The third-order valence-electron chi connectivity index (χ3n) is 3.12. The third kappa shape index (κ3) is 3.46. The third-order valence-corrected chi connectivity index (χ3v) is 3.12. The number of rotatable bonds is 4. The fourth-order valence-electron chi connectivity index (χ4n) is 2.03. The van der Waals surface area contributed by atoms with Gasteiger partial charge < -0.3 is 9.47 Å². The smallest absolute Gasteiger partial charge is 0.120 e. The SMILES string of the molecule is CC1COCCN1CCOc1cccc(C#N)c1. The summed E-state index contributed by atoms with van der Waals surface area (Å²) in [5.74, 6) is 0.759. The largest absolute Gasteiger partial charge is 0.492 e. The molecule has 0 aliphatic carbocycles. The van der Waals surface area contributed by atoms with E-state index in [1.807, 2.05) is 12.1 Å². The van der Waals surface area contributed by atoms with Crippen LogP contribution in [0.4, 0.5) is 0 Å². The number of hydrogen-bond acceptors (Lipinski definition) is 4. The summed E-state index contributed by atoms with van der Waals surface area (Å²) in [5, 5.41) is 8.80. The summed E-state index contributed by atoms with van der Waals surface area (Å²) in [7, 11) is 0. The lowest BCUT2D eigenvalue weighted by Gasteiger charge is -2.32. The molecule has 0 bridgehead atoms. The van der Waals surface area contributed by atoms with Crippen molar-refractivity contribution in [3.05, 3.63) is 29.8 Å². The van der Waals surface area contributed by atoms with Crippen LogP contribution in [0.2, 0.25) is 0 Å². The molecule has 0 amide bonds. The molecular formula is C14H18N2O2. The van der Waals surface area contributed by atoms with Gasteiger partial charge in [0.15, 0.2) is 0 Å². The minimum atomic E-state index is 0.452. The van der Waals surface area contributed by atoms with Crippen molar-refractivity contribution in [2.24, 2.45) is 0 Å². The standard InChI is InChI=1S/C14H18N2O2/c1-12-11-17-7-5-16(12)6-8-18-14-4-2-3-13(9-14)10-15/h2-4,9,12H,5-8,11H2,1H3. The van der Waals surface area contributed by atoms with Gasteiger partial charge in [-0.15, -0.1) is 0 Å². The van der Waals surface area contributed by atoms with E-state index in [2.05, 4.69) is 17.9 Å². The van der Waals surface area contributed by atoms with Gasteiger partial charge in [0.2, 0.25) is 0 Å². The Kier molecular flexibility index (Phi) is 4.57. The Bertz CT molecular complexity index is 428. The van der Waals surface area contributed by atoms with Crippen molar-refractivity contribution in [1.82, 2.24) is 4.90 Å². The summed E-state index contributed by atoms with van der Waals surface area (Å²) in [6, 6.07) is 9.82. The van der Waals surface area contributed by atoms with Crippen molar-refractivity contribution >= 4 is 0 Å². The van der Waals surface area contributed by atoms with Gasteiger partial charge in [0.25, 0.3) is 0 Å². The molecule has 2 rings (SSSR count). The van der Waals surface area contributed by atoms with Gasteiger partial charge in [-0.1, -0.05) is 6.07 Å². The summed E-state index contributed by atoms with van der Waals surface area (Å²) in [6.07, 6.45) is 0. The predicted octanol–water partition coefficient (Wildman–Crippen LogP) is 1.66. The van der Waals surface area contributed by atoms with Crippen LogP contribution >= 0.6 is 0 Å². The number of hydrogen-bond donors (Lipinski definition) is 0. The zero-order chi connectivity index (χ0) is 12.8. The molecule has 0 spiro atoms. The molecule has 4 heteroatoms. The van der Waals surface area contributed by atoms with Gasteiger partial charge in [0, 0.05) is 19.1 Å². The average Bonchev–Trinajstić information content (AvgIpc) is 2.41. The van der Waals surface area contributed by atoms with E-state index < -0.39 is 0 Å². The second-order valence-corrected chi connectivity index (χ2v) is 4.45. The molecule has 1 atom stereocenters. The Balaban J connectivity index is 1.79. The van der Waals surface area contributed by atoms with Crippen molar-refractivity contribution in [1.29, 1.82) is 5.26 Å². The maximum atomic E-state index is 8.80. The minimum absolute atomic E-state index is 0.452. The second-order valence-electron chi connectivity index (χ2n) is 4.45. The maximum absolute atomic E-state index is 8.80. The fourth-order valence-corrected chi connectivity index (χ4v) is 2.03. The number of ether oxygens (including phenoxy) is 2. The van der Waals surface area contributed by atoms with Crippen LogP contribution in [0.1, 0.15) is 12.5 Å². The molecular weight excluding hydrogens is 228 g/mol. The van der Waals surface area contributed by atoms with Crippen LogP contribution < -0.4 is 4.74 Å². The van der Waals surface area contributed by atoms with Crippen LogP contribution in [-0.2, 0) is 4.74 Å². The van der Waals surface area contributed by atoms with Gasteiger partial charge in [-0.25, -0.2) is 0 Å². The quantitative estimate of drug-likeness (QED) is 0.810. The van der Waals surface area contributed by atoms with E-state index in [0.29, 0.717) is 18.2 Å². The molecule has 96 valence electrons. The van der Waals surface area contributed by atoms with E-state index in [9.17, 15) is 0 Å². The maximum Gasteiger partial charge on any atom is 0.120 e. The molecule has 1 unspecified atom stereocenters. The molecule has 0 aromatic heterocycles. The minimum Gasteiger partial charge on any atom is -0.492 e. The van der Waals surface area contributed by atoms with Gasteiger partial charge in [-0.2, -0.15) is 5.26 Å². The Morgan fingerprint density at radius 1 is 1.56 bits per heavy atom. The van der Waals surface area contributed by atoms with Crippen LogP contribution in [0.5, 0.6) is 5.75 Å². The Hall–Kier alpha value is -1.57. The van der Waals surface area contributed by atoms with Crippen LogP contribution in [0, 0.1) is 11.3 Å². The molecule has 1 fully saturated rings. The predicted molar refractivity (Wildman–Crippen MR) is 68.5 cm³/mol. The summed E-state index contributed by atoms with van der Waals surface area (Å²) in [5.41, 5.74) is 0.632. The van der Waals surface area contributed by atoms with E-state index >= 15 is 0 Å². The monoisotopic (exact) mass is 246 g/mol. The highest BCUT2D eigenvalue weighted by atomic mass is 16.5. The van der Waals surface area contributed by atoms with Gasteiger partial charge in [-0.05, 0) is 25.1 Å². The van der Waals surface area contributed by atoms with E-state index in [4.69, 9.17) is 14.7 Å². The first-order chi connectivity index (χ1) is 8.79. The van der Waals surface area contributed by atoms with Crippen LogP contribution in [-0.4, -0.2) is 43.9 Å². The fraction of sp³-hybridized carbons (Fsp3) is 0.500. The molecule has 1 aliphatic heterocycles. The van der Waals surface area contributed by atoms with Crippen LogP contribution in [0.25, 0.3) is 0 Å². The van der Waals surface area contributed by atoms with Crippen LogP contribution in [0.15, 0.2) is 24.3 Å². The lowest BCUT2D eigenvalue weighted by Crippen LogP contribution is -2.45.